The SMILES string of the molecule is CCC(Oc1ccc2c(c1)OCO2)C(=O)Nc1cc(C)on1. The molecule has 1 unspecified atom stereocenters. The van der Waals surface area contributed by atoms with Crippen molar-refractivity contribution in [3.63, 3.8) is 0 Å². The average Bonchev–Trinajstić information content (AvgIpc) is 3.12. The van der Waals surface area contributed by atoms with Crippen LogP contribution in [0.25, 0.3) is 0 Å². The Labute approximate surface area is 127 Å². The van der Waals surface area contributed by atoms with Crippen molar-refractivity contribution in [3.8, 4) is 17.2 Å². The van der Waals surface area contributed by atoms with Gasteiger partial charge in [0.05, 0.1) is 0 Å². The van der Waals surface area contributed by atoms with Crippen molar-refractivity contribution in [3.05, 3.63) is 30.0 Å². The molecule has 0 aliphatic carbocycles. The van der Waals surface area contributed by atoms with Gasteiger partial charge in [-0.1, -0.05) is 12.1 Å². The molecule has 116 valence electrons. The van der Waals surface area contributed by atoms with Crippen molar-refractivity contribution < 1.29 is 23.5 Å². The third-order valence-electron chi connectivity index (χ3n) is 3.16. The van der Waals surface area contributed by atoms with E-state index in [2.05, 4.69) is 10.5 Å². The molecule has 0 radical (unpaired) electrons. The molecule has 0 spiro atoms. The largest absolute Gasteiger partial charge is 0.480 e. The lowest BCUT2D eigenvalue weighted by Gasteiger charge is -2.16. The lowest BCUT2D eigenvalue weighted by molar-refractivity contribution is -0.122. The van der Waals surface area contributed by atoms with Gasteiger partial charge >= 0.3 is 0 Å². The standard InChI is InChI=1S/C15H16N2O5/c1-3-11(15(18)16-14-6-9(2)22-17-14)21-10-4-5-12-13(7-10)20-8-19-12/h4-7,11H,3,8H2,1-2H3,(H,16,17,18). The van der Waals surface area contributed by atoms with Crippen LogP contribution in [0.15, 0.2) is 28.8 Å². The molecule has 0 saturated carbocycles. The molecular weight excluding hydrogens is 288 g/mol. The Hall–Kier alpha value is -2.70. The smallest absolute Gasteiger partial charge is 0.266 e. The van der Waals surface area contributed by atoms with Crippen molar-refractivity contribution >= 4 is 11.7 Å². The minimum atomic E-state index is -0.641. The van der Waals surface area contributed by atoms with E-state index in [4.69, 9.17) is 18.7 Å². The summed E-state index contributed by atoms with van der Waals surface area (Å²) in [4.78, 5) is 12.2. The van der Waals surface area contributed by atoms with E-state index < -0.39 is 6.10 Å². The Morgan fingerprint density at radius 2 is 2.18 bits per heavy atom. The summed E-state index contributed by atoms with van der Waals surface area (Å²) in [7, 11) is 0. The molecule has 1 aliphatic rings. The van der Waals surface area contributed by atoms with Crippen LogP contribution in [0.3, 0.4) is 0 Å². The molecule has 0 bridgehead atoms. The maximum absolute atomic E-state index is 12.2. The van der Waals surface area contributed by atoms with E-state index in [9.17, 15) is 4.79 Å². The number of carbonyl (C=O) groups is 1. The minimum Gasteiger partial charge on any atom is -0.480 e. The fourth-order valence-corrected chi connectivity index (χ4v) is 2.07. The van der Waals surface area contributed by atoms with Crippen LogP contribution in [0.1, 0.15) is 19.1 Å². The summed E-state index contributed by atoms with van der Waals surface area (Å²) in [5.74, 6) is 2.54. The number of amides is 1. The molecular formula is C15H16N2O5. The van der Waals surface area contributed by atoms with Crippen LogP contribution in [0.5, 0.6) is 17.2 Å². The molecule has 1 aliphatic heterocycles. The maximum Gasteiger partial charge on any atom is 0.266 e. The van der Waals surface area contributed by atoms with Gasteiger partial charge in [-0.15, -0.1) is 0 Å². The summed E-state index contributed by atoms with van der Waals surface area (Å²) in [6.45, 7) is 3.82. The highest BCUT2D eigenvalue weighted by molar-refractivity contribution is 5.93. The molecule has 2 heterocycles. The topological polar surface area (TPSA) is 82.8 Å². The normalized spacial score (nSPS) is 13.7. The number of aryl methyl sites for hydroxylation is 1. The molecule has 0 fully saturated rings. The predicted molar refractivity (Wildman–Crippen MR) is 77.1 cm³/mol. The van der Waals surface area contributed by atoms with Crippen molar-refractivity contribution in [1.29, 1.82) is 0 Å². The summed E-state index contributed by atoms with van der Waals surface area (Å²) in [6, 6.07) is 6.84. The summed E-state index contributed by atoms with van der Waals surface area (Å²) >= 11 is 0. The number of carbonyl (C=O) groups excluding carboxylic acids is 1. The molecule has 1 atom stereocenters. The number of nitrogens with zero attached hydrogens (tertiary/aromatic N) is 1. The Morgan fingerprint density at radius 3 is 2.91 bits per heavy atom. The van der Waals surface area contributed by atoms with Crippen LogP contribution < -0.4 is 19.5 Å². The van der Waals surface area contributed by atoms with Crippen molar-refractivity contribution in [2.24, 2.45) is 0 Å². The maximum atomic E-state index is 12.2. The van der Waals surface area contributed by atoms with Gasteiger partial charge in [-0.2, -0.15) is 0 Å². The third kappa shape index (κ3) is 2.98. The first-order valence-corrected chi connectivity index (χ1v) is 6.96. The number of aromatic nitrogens is 1. The number of ether oxygens (including phenoxy) is 3. The van der Waals surface area contributed by atoms with Gasteiger partial charge in [-0.3, -0.25) is 4.79 Å². The summed E-state index contributed by atoms with van der Waals surface area (Å²) in [6.07, 6.45) is -0.130. The van der Waals surface area contributed by atoms with E-state index in [1.54, 1.807) is 31.2 Å². The Bertz CT molecular complexity index is 682. The highest BCUT2D eigenvalue weighted by Gasteiger charge is 2.21. The molecule has 1 N–H and O–H groups in total. The number of benzene rings is 1. The first-order valence-electron chi connectivity index (χ1n) is 6.96. The van der Waals surface area contributed by atoms with E-state index in [1.165, 1.54) is 0 Å². The fourth-order valence-electron chi connectivity index (χ4n) is 2.07. The van der Waals surface area contributed by atoms with Crippen LogP contribution >= 0.6 is 0 Å². The minimum absolute atomic E-state index is 0.196. The van der Waals surface area contributed by atoms with Gasteiger partial charge in [0.25, 0.3) is 5.91 Å². The first-order chi connectivity index (χ1) is 10.7. The summed E-state index contributed by atoms with van der Waals surface area (Å²) < 4.78 is 21.2. The zero-order chi connectivity index (χ0) is 15.5. The number of nitrogens with one attached hydrogen (secondary N) is 1. The monoisotopic (exact) mass is 304 g/mol. The Morgan fingerprint density at radius 1 is 1.36 bits per heavy atom. The van der Waals surface area contributed by atoms with Crippen molar-refractivity contribution in [1.82, 2.24) is 5.16 Å². The third-order valence-corrected chi connectivity index (χ3v) is 3.16. The molecule has 1 amide bonds. The van der Waals surface area contributed by atoms with Crippen LogP contribution in [-0.2, 0) is 4.79 Å². The van der Waals surface area contributed by atoms with Gasteiger partial charge in [0, 0.05) is 12.1 Å². The van der Waals surface area contributed by atoms with E-state index in [0.29, 0.717) is 35.2 Å². The number of rotatable bonds is 5. The molecule has 7 heteroatoms. The van der Waals surface area contributed by atoms with Gasteiger partial charge in [-0.05, 0) is 25.5 Å². The molecule has 1 aromatic heterocycles. The zero-order valence-electron chi connectivity index (χ0n) is 12.3. The molecule has 2 aromatic rings. The predicted octanol–water partition coefficient (Wildman–Crippen LogP) is 2.51. The van der Waals surface area contributed by atoms with Crippen molar-refractivity contribution in [2.45, 2.75) is 26.4 Å². The number of hydrogen-bond acceptors (Lipinski definition) is 6. The van der Waals surface area contributed by atoms with Crippen LogP contribution in [0.2, 0.25) is 0 Å². The fraction of sp³-hybridized carbons (Fsp3) is 0.333. The molecule has 22 heavy (non-hydrogen) atoms. The Kier molecular flexibility index (Phi) is 3.86. The van der Waals surface area contributed by atoms with E-state index in [0.717, 1.165) is 0 Å². The zero-order valence-corrected chi connectivity index (χ0v) is 12.3. The van der Waals surface area contributed by atoms with Gasteiger partial charge in [-0.25, -0.2) is 0 Å². The molecule has 3 rings (SSSR count). The summed E-state index contributed by atoms with van der Waals surface area (Å²) in [5, 5.41) is 6.39. The molecule has 1 aromatic carbocycles. The van der Waals surface area contributed by atoms with Crippen LogP contribution in [-0.4, -0.2) is 24.0 Å². The lowest BCUT2D eigenvalue weighted by Crippen LogP contribution is -2.32. The number of fused-ring (bicyclic) bond motifs is 1. The number of hydrogen-bond donors (Lipinski definition) is 1. The average molecular weight is 304 g/mol. The van der Waals surface area contributed by atoms with Crippen molar-refractivity contribution in [2.75, 3.05) is 12.1 Å². The second-order valence-electron chi connectivity index (χ2n) is 4.84. The molecule has 7 nitrogen and oxygen atoms in total. The molecule has 0 saturated heterocycles. The number of anilines is 1. The van der Waals surface area contributed by atoms with Gasteiger partial charge in [0.15, 0.2) is 23.4 Å². The van der Waals surface area contributed by atoms with Gasteiger partial charge in [0.1, 0.15) is 11.5 Å². The quantitative estimate of drug-likeness (QED) is 0.914. The van der Waals surface area contributed by atoms with E-state index >= 15 is 0 Å². The van der Waals surface area contributed by atoms with E-state index in [-0.39, 0.29) is 12.7 Å². The van der Waals surface area contributed by atoms with Gasteiger partial charge < -0.3 is 24.1 Å². The Balaban J connectivity index is 1.67. The van der Waals surface area contributed by atoms with E-state index in [1.807, 2.05) is 6.92 Å². The van der Waals surface area contributed by atoms with Crippen LogP contribution in [0, 0.1) is 6.92 Å². The highest BCUT2D eigenvalue weighted by atomic mass is 16.7. The first kappa shape index (κ1) is 14.2. The second kappa shape index (κ2) is 5.97. The lowest BCUT2D eigenvalue weighted by atomic mass is 10.2. The highest BCUT2D eigenvalue weighted by Crippen LogP contribution is 2.35. The van der Waals surface area contributed by atoms with Crippen LogP contribution in [0.4, 0.5) is 5.82 Å². The second-order valence-corrected chi connectivity index (χ2v) is 4.84. The summed E-state index contributed by atoms with van der Waals surface area (Å²) in [5.41, 5.74) is 0. The van der Waals surface area contributed by atoms with Gasteiger partial charge in [0.2, 0.25) is 6.79 Å².